The van der Waals surface area contributed by atoms with Gasteiger partial charge in [0.15, 0.2) is 0 Å². The van der Waals surface area contributed by atoms with Crippen LogP contribution in [0.4, 0.5) is 0 Å². The summed E-state index contributed by atoms with van der Waals surface area (Å²) in [6.07, 6.45) is 5.92. The molecule has 1 aliphatic carbocycles. The molecule has 1 aromatic rings. The predicted molar refractivity (Wildman–Crippen MR) is 71.8 cm³/mol. The lowest BCUT2D eigenvalue weighted by atomic mass is 10.1. The summed E-state index contributed by atoms with van der Waals surface area (Å²) in [7, 11) is 0. The summed E-state index contributed by atoms with van der Waals surface area (Å²) in [5.74, 6) is 0.0680. The SMILES string of the molecule is O=C(NCC1CCCN1)c1ccc2c(c1)CCC2. The molecule has 3 heteroatoms. The second kappa shape index (κ2) is 5.11. The number of hydrogen-bond donors (Lipinski definition) is 2. The Morgan fingerprint density at radius 3 is 3.00 bits per heavy atom. The number of carbonyl (C=O) groups excluding carboxylic acids is 1. The quantitative estimate of drug-likeness (QED) is 0.849. The van der Waals surface area contributed by atoms with Gasteiger partial charge in [-0.2, -0.15) is 0 Å². The average molecular weight is 244 g/mol. The minimum atomic E-state index is 0.0680. The van der Waals surface area contributed by atoms with Crippen LogP contribution in [0.15, 0.2) is 18.2 Å². The van der Waals surface area contributed by atoms with Crippen LogP contribution in [-0.4, -0.2) is 25.0 Å². The Kier molecular flexibility index (Phi) is 3.33. The number of amides is 1. The zero-order chi connectivity index (χ0) is 12.4. The van der Waals surface area contributed by atoms with E-state index < -0.39 is 0 Å². The van der Waals surface area contributed by atoms with Crippen molar-refractivity contribution in [1.29, 1.82) is 0 Å². The lowest BCUT2D eigenvalue weighted by molar-refractivity contribution is 0.0950. The highest BCUT2D eigenvalue weighted by atomic mass is 16.1. The maximum atomic E-state index is 12.1. The van der Waals surface area contributed by atoms with Crippen LogP contribution < -0.4 is 10.6 Å². The first-order valence-electron chi connectivity index (χ1n) is 6.96. The van der Waals surface area contributed by atoms with Crippen molar-refractivity contribution in [1.82, 2.24) is 10.6 Å². The van der Waals surface area contributed by atoms with E-state index in [4.69, 9.17) is 0 Å². The van der Waals surface area contributed by atoms with Gasteiger partial charge in [-0.3, -0.25) is 4.79 Å². The highest BCUT2D eigenvalue weighted by Gasteiger charge is 2.17. The molecule has 1 saturated heterocycles. The molecule has 3 rings (SSSR count). The fraction of sp³-hybridized carbons (Fsp3) is 0.533. The summed E-state index contributed by atoms with van der Waals surface area (Å²) in [6, 6.07) is 6.61. The first-order valence-corrected chi connectivity index (χ1v) is 6.96. The number of aryl methyl sites for hydroxylation is 2. The van der Waals surface area contributed by atoms with Crippen LogP contribution in [0.2, 0.25) is 0 Å². The van der Waals surface area contributed by atoms with E-state index in [1.807, 2.05) is 6.07 Å². The predicted octanol–water partition coefficient (Wildman–Crippen LogP) is 1.66. The van der Waals surface area contributed by atoms with E-state index in [2.05, 4.69) is 22.8 Å². The molecule has 18 heavy (non-hydrogen) atoms. The molecule has 1 aliphatic heterocycles. The molecule has 96 valence electrons. The third-order valence-electron chi connectivity index (χ3n) is 4.03. The van der Waals surface area contributed by atoms with Gasteiger partial charge in [-0.25, -0.2) is 0 Å². The molecule has 1 heterocycles. The van der Waals surface area contributed by atoms with E-state index in [0.29, 0.717) is 6.04 Å². The standard InChI is InChI=1S/C15H20N2O/c18-15(17-10-14-5-2-8-16-14)13-7-6-11-3-1-4-12(11)9-13/h6-7,9,14,16H,1-5,8,10H2,(H,17,18). The Morgan fingerprint density at radius 1 is 1.28 bits per heavy atom. The second-order valence-electron chi connectivity index (χ2n) is 5.34. The van der Waals surface area contributed by atoms with Crippen molar-refractivity contribution in [2.75, 3.05) is 13.1 Å². The second-order valence-corrected chi connectivity index (χ2v) is 5.34. The minimum Gasteiger partial charge on any atom is -0.350 e. The molecule has 1 unspecified atom stereocenters. The van der Waals surface area contributed by atoms with E-state index in [1.165, 1.54) is 36.8 Å². The number of hydrogen-bond acceptors (Lipinski definition) is 2. The summed E-state index contributed by atoms with van der Waals surface area (Å²) in [5.41, 5.74) is 3.60. The molecular weight excluding hydrogens is 224 g/mol. The van der Waals surface area contributed by atoms with E-state index in [0.717, 1.165) is 25.1 Å². The normalized spacial score (nSPS) is 21.9. The van der Waals surface area contributed by atoms with Crippen LogP contribution in [0.3, 0.4) is 0 Å². The van der Waals surface area contributed by atoms with Crippen LogP contribution in [0.1, 0.15) is 40.7 Å². The van der Waals surface area contributed by atoms with Gasteiger partial charge in [-0.05, 0) is 61.9 Å². The van der Waals surface area contributed by atoms with Crippen molar-refractivity contribution in [3.63, 3.8) is 0 Å². The Morgan fingerprint density at radius 2 is 2.17 bits per heavy atom. The van der Waals surface area contributed by atoms with Crippen LogP contribution in [0.5, 0.6) is 0 Å². The molecule has 1 fully saturated rings. The van der Waals surface area contributed by atoms with E-state index in [1.54, 1.807) is 0 Å². The fourth-order valence-corrected chi connectivity index (χ4v) is 2.96. The van der Waals surface area contributed by atoms with E-state index in [-0.39, 0.29) is 5.91 Å². The van der Waals surface area contributed by atoms with Gasteiger partial charge in [0.2, 0.25) is 0 Å². The molecule has 1 amide bonds. The average Bonchev–Trinajstić information content (AvgIpc) is 3.05. The van der Waals surface area contributed by atoms with Gasteiger partial charge < -0.3 is 10.6 Å². The fourth-order valence-electron chi connectivity index (χ4n) is 2.96. The van der Waals surface area contributed by atoms with Crippen LogP contribution in [-0.2, 0) is 12.8 Å². The molecule has 0 radical (unpaired) electrons. The van der Waals surface area contributed by atoms with Crippen molar-refractivity contribution in [2.24, 2.45) is 0 Å². The Hall–Kier alpha value is -1.35. The van der Waals surface area contributed by atoms with Gasteiger partial charge >= 0.3 is 0 Å². The minimum absolute atomic E-state index is 0.0680. The summed E-state index contributed by atoms with van der Waals surface area (Å²) in [6.45, 7) is 1.83. The summed E-state index contributed by atoms with van der Waals surface area (Å²) in [4.78, 5) is 12.1. The van der Waals surface area contributed by atoms with Crippen LogP contribution in [0.25, 0.3) is 0 Å². The zero-order valence-corrected chi connectivity index (χ0v) is 10.7. The molecule has 0 bridgehead atoms. The molecule has 2 N–H and O–H groups in total. The molecular formula is C15H20N2O. The summed E-state index contributed by atoms with van der Waals surface area (Å²) in [5, 5.41) is 6.42. The van der Waals surface area contributed by atoms with Gasteiger partial charge in [-0.15, -0.1) is 0 Å². The van der Waals surface area contributed by atoms with Crippen molar-refractivity contribution < 1.29 is 4.79 Å². The van der Waals surface area contributed by atoms with E-state index in [9.17, 15) is 4.79 Å². The third kappa shape index (κ3) is 2.41. The first-order chi connectivity index (χ1) is 8.83. The molecule has 1 aromatic carbocycles. The van der Waals surface area contributed by atoms with Gasteiger partial charge in [-0.1, -0.05) is 6.07 Å². The third-order valence-corrected chi connectivity index (χ3v) is 4.03. The lowest BCUT2D eigenvalue weighted by Crippen LogP contribution is -2.37. The molecule has 1 atom stereocenters. The van der Waals surface area contributed by atoms with Crippen molar-refractivity contribution in [3.8, 4) is 0 Å². The topological polar surface area (TPSA) is 41.1 Å². The lowest BCUT2D eigenvalue weighted by Gasteiger charge is -2.12. The maximum Gasteiger partial charge on any atom is 0.251 e. The monoisotopic (exact) mass is 244 g/mol. The van der Waals surface area contributed by atoms with Crippen LogP contribution in [0, 0.1) is 0 Å². The Labute approximate surface area is 108 Å². The Balaban J connectivity index is 1.61. The number of benzene rings is 1. The summed E-state index contributed by atoms with van der Waals surface area (Å²) >= 11 is 0. The Bertz CT molecular complexity index is 450. The van der Waals surface area contributed by atoms with Gasteiger partial charge in [0, 0.05) is 18.2 Å². The molecule has 2 aliphatic rings. The van der Waals surface area contributed by atoms with Crippen molar-refractivity contribution in [2.45, 2.75) is 38.1 Å². The largest absolute Gasteiger partial charge is 0.350 e. The van der Waals surface area contributed by atoms with Crippen LogP contribution >= 0.6 is 0 Å². The number of fused-ring (bicyclic) bond motifs is 1. The number of carbonyl (C=O) groups is 1. The van der Waals surface area contributed by atoms with E-state index >= 15 is 0 Å². The van der Waals surface area contributed by atoms with Gasteiger partial charge in [0.05, 0.1) is 0 Å². The molecule has 0 aromatic heterocycles. The maximum absolute atomic E-state index is 12.1. The first kappa shape index (κ1) is 11.7. The van der Waals surface area contributed by atoms with Gasteiger partial charge in [0.1, 0.15) is 0 Å². The molecule has 3 nitrogen and oxygen atoms in total. The highest BCUT2D eigenvalue weighted by molar-refractivity contribution is 5.94. The zero-order valence-electron chi connectivity index (χ0n) is 10.7. The molecule has 0 saturated carbocycles. The van der Waals surface area contributed by atoms with Crippen molar-refractivity contribution in [3.05, 3.63) is 34.9 Å². The number of rotatable bonds is 3. The molecule has 0 spiro atoms. The number of nitrogens with one attached hydrogen (secondary N) is 2. The van der Waals surface area contributed by atoms with Gasteiger partial charge in [0.25, 0.3) is 5.91 Å². The highest BCUT2D eigenvalue weighted by Crippen LogP contribution is 2.22. The smallest absolute Gasteiger partial charge is 0.251 e. The summed E-state index contributed by atoms with van der Waals surface area (Å²) < 4.78 is 0. The van der Waals surface area contributed by atoms with Crippen molar-refractivity contribution >= 4 is 5.91 Å².